The smallest absolute Gasteiger partial charge is 0.341 e. The SMILES string of the molecule is CCOC(=O)[C@]1(c2ccc(Cl)cc2)N=C(c2ccc(OC)cc2OC(C)C)N(S(=O)(=O)CCN2CCN(C)CC2)[C@H]1c1ccc(Cl)cc1. The van der Waals surface area contributed by atoms with Crippen LogP contribution in [0.1, 0.15) is 43.5 Å². The Labute approximate surface area is 293 Å². The predicted octanol–water partition coefficient (Wildman–Crippen LogP) is 5.63. The van der Waals surface area contributed by atoms with Crippen molar-refractivity contribution in [3.8, 4) is 11.5 Å². The zero-order valence-electron chi connectivity index (χ0n) is 27.9. The lowest BCUT2D eigenvalue weighted by atomic mass is 9.80. The Bertz CT molecular complexity index is 1730. The molecule has 3 aromatic rings. The summed E-state index contributed by atoms with van der Waals surface area (Å²) in [6, 6.07) is 17.4. The predicted molar refractivity (Wildman–Crippen MR) is 189 cm³/mol. The summed E-state index contributed by atoms with van der Waals surface area (Å²) in [4.78, 5) is 24.0. The summed E-state index contributed by atoms with van der Waals surface area (Å²) in [6.45, 7) is 8.97. The second-order valence-electron chi connectivity index (χ2n) is 12.2. The molecule has 2 atom stereocenters. The lowest BCUT2D eigenvalue weighted by Crippen LogP contribution is -2.49. The van der Waals surface area contributed by atoms with E-state index >= 15 is 0 Å². The molecule has 0 amide bonds. The number of hydrogen-bond donors (Lipinski definition) is 0. The zero-order valence-corrected chi connectivity index (χ0v) is 30.2. The molecule has 0 bridgehead atoms. The number of benzene rings is 3. The molecule has 3 aromatic carbocycles. The maximum Gasteiger partial charge on any atom is 0.341 e. The van der Waals surface area contributed by atoms with Gasteiger partial charge in [-0.2, -0.15) is 0 Å². The second-order valence-corrected chi connectivity index (χ2v) is 15.0. The first kappa shape index (κ1) is 35.9. The van der Waals surface area contributed by atoms with Gasteiger partial charge in [-0.15, -0.1) is 0 Å². The molecule has 0 aromatic heterocycles. The summed E-state index contributed by atoms with van der Waals surface area (Å²) in [5.74, 6) is 0.000611. The zero-order chi connectivity index (χ0) is 34.6. The lowest BCUT2D eigenvalue weighted by molar-refractivity contribution is -0.151. The third-order valence-electron chi connectivity index (χ3n) is 8.53. The minimum atomic E-state index is -4.18. The molecule has 0 N–H and O–H groups in total. The number of likely N-dealkylation sites (N-methyl/N-ethyl adjacent to an activating group) is 1. The summed E-state index contributed by atoms with van der Waals surface area (Å²) in [7, 11) is -0.589. The average Bonchev–Trinajstić information content (AvgIpc) is 3.43. The number of piperazine rings is 1. The number of carbonyl (C=O) groups excluding carboxylic acids is 1. The van der Waals surface area contributed by atoms with Gasteiger partial charge in [0.25, 0.3) is 0 Å². The van der Waals surface area contributed by atoms with Crippen LogP contribution in [0.25, 0.3) is 0 Å². The highest BCUT2D eigenvalue weighted by molar-refractivity contribution is 7.89. The minimum Gasteiger partial charge on any atom is -0.497 e. The number of carbonyl (C=O) groups is 1. The summed E-state index contributed by atoms with van der Waals surface area (Å²) < 4.78 is 48.6. The number of nitrogens with zero attached hydrogens (tertiary/aromatic N) is 4. The molecule has 258 valence electrons. The van der Waals surface area contributed by atoms with Gasteiger partial charge in [-0.05, 0) is 75.3 Å². The van der Waals surface area contributed by atoms with Crippen molar-refractivity contribution >= 4 is 45.0 Å². The molecule has 48 heavy (non-hydrogen) atoms. The van der Waals surface area contributed by atoms with E-state index in [1.165, 1.54) is 4.31 Å². The molecule has 2 aliphatic rings. The van der Waals surface area contributed by atoms with Crippen LogP contribution in [-0.2, 0) is 25.1 Å². The van der Waals surface area contributed by atoms with Crippen LogP contribution in [0.4, 0.5) is 0 Å². The second kappa shape index (κ2) is 15.0. The number of aliphatic imine (C=N–C) groups is 1. The van der Waals surface area contributed by atoms with Crippen molar-refractivity contribution in [1.82, 2.24) is 14.1 Å². The third-order valence-corrected chi connectivity index (χ3v) is 10.7. The maximum atomic E-state index is 14.9. The van der Waals surface area contributed by atoms with Gasteiger partial charge in [0.2, 0.25) is 15.6 Å². The van der Waals surface area contributed by atoms with Crippen molar-refractivity contribution in [2.45, 2.75) is 38.5 Å². The Morgan fingerprint density at radius 2 is 1.60 bits per heavy atom. The largest absolute Gasteiger partial charge is 0.497 e. The van der Waals surface area contributed by atoms with E-state index in [4.69, 9.17) is 42.4 Å². The monoisotopic (exact) mass is 716 g/mol. The van der Waals surface area contributed by atoms with E-state index in [2.05, 4.69) is 16.8 Å². The molecule has 1 fully saturated rings. The van der Waals surface area contributed by atoms with Gasteiger partial charge in [-0.3, -0.25) is 4.90 Å². The summed E-state index contributed by atoms with van der Waals surface area (Å²) >= 11 is 12.6. The number of rotatable bonds is 12. The van der Waals surface area contributed by atoms with Crippen LogP contribution in [0.15, 0.2) is 71.7 Å². The van der Waals surface area contributed by atoms with E-state index in [0.29, 0.717) is 44.8 Å². The van der Waals surface area contributed by atoms with Crippen LogP contribution in [0.2, 0.25) is 10.0 Å². The first-order valence-electron chi connectivity index (χ1n) is 16.0. The number of amidine groups is 1. The molecule has 2 heterocycles. The Hall–Kier alpha value is -3.35. The fraction of sp³-hybridized carbons (Fsp3) is 0.429. The summed E-state index contributed by atoms with van der Waals surface area (Å²) in [5.41, 5.74) is -0.560. The highest BCUT2D eigenvalue weighted by atomic mass is 35.5. The average molecular weight is 718 g/mol. The number of methoxy groups -OCH3 is 1. The van der Waals surface area contributed by atoms with Crippen LogP contribution < -0.4 is 9.47 Å². The van der Waals surface area contributed by atoms with Crippen molar-refractivity contribution in [3.63, 3.8) is 0 Å². The van der Waals surface area contributed by atoms with E-state index < -0.39 is 27.6 Å². The van der Waals surface area contributed by atoms with Crippen LogP contribution in [0.5, 0.6) is 11.5 Å². The van der Waals surface area contributed by atoms with Crippen LogP contribution >= 0.6 is 23.2 Å². The number of sulfonamides is 1. The van der Waals surface area contributed by atoms with Gasteiger partial charge in [0.15, 0.2) is 5.84 Å². The molecule has 0 spiro atoms. The molecule has 0 unspecified atom stereocenters. The van der Waals surface area contributed by atoms with Gasteiger partial charge in [-0.1, -0.05) is 47.5 Å². The van der Waals surface area contributed by atoms with Gasteiger partial charge < -0.3 is 19.1 Å². The first-order valence-corrected chi connectivity index (χ1v) is 18.3. The highest BCUT2D eigenvalue weighted by Gasteiger charge is 2.60. The third kappa shape index (κ3) is 7.45. The Morgan fingerprint density at radius 3 is 2.19 bits per heavy atom. The van der Waals surface area contributed by atoms with E-state index in [-0.39, 0.29) is 24.3 Å². The highest BCUT2D eigenvalue weighted by Crippen LogP contribution is 2.52. The minimum absolute atomic E-state index is 0.0484. The number of ether oxygens (including phenoxy) is 3. The van der Waals surface area contributed by atoms with E-state index in [0.717, 1.165) is 26.2 Å². The fourth-order valence-corrected chi connectivity index (χ4v) is 8.02. The quantitative estimate of drug-likeness (QED) is 0.223. The first-order chi connectivity index (χ1) is 22.9. The van der Waals surface area contributed by atoms with Gasteiger partial charge in [0, 0.05) is 48.8 Å². The number of halogens is 2. The van der Waals surface area contributed by atoms with Gasteiger partial charge >= 0.3 is 5.97 Å². The van der Waals surface area contributed by atoms with Crippen molar-refractivity contribution in [2.75, 3.05) is 59.2 Å². The topological polar surface area (TPSA) is 101 Å². The molecule has 13 heteroatoms. The molecule has 0 radical (unpaired) electrons. The van der Waals surface area contributed by atoms with Gasteiger partial charge in [0.1, 0.15) is 17.5 Å². The number of hydrogen-bond acceptors (Lipinski definition) is 9. The fourth-order valence-electron chi connectivity index (χ4n) is 6.09. The van der Waals surface area contributed by atoms with Crippen molar-refractivity contribution in [1.29, 1.82) is 0 Å². The number of esters is 1. The van der Waals surface area contributed by atoms with Crippen LogP contribution in [-0.4, -0.2) is 99.7 Å². The van der Waals surface area contributed by atoms with Crippen LogP contribution in [0, 0.1) is 0 Å². The molecular weight excluding hydrogens is 675 g/mol. The van der Waals surface area contributed by atoms with E-state index in [1.54, 1.807) is 80.8 Å². The molecular formula is C35H42Cl2N4O6S. The Kier molecular flexibility index (Phi) is 11.3. The van der Waals surface area contributed by atoms with Crippen molar-refractivity contribution < 1.29 is 27.4 Å². The standard InChI is InChI=1S/C35H42Cl2N4O6S/c1-6-46-34(42)35(26-9-13-28(37)14-10-26)32(25-7-11-27(36)12-8-25)41(48(43,44)22-21-40-19-17-39(4)18-20-40)33(38-35)30-16-15-29(45-5)23-31(30)47-24(2)3/h7-16,23-24,32H,6,17-22H2,1-5H3/t32-,35+/m0/s1. The van der Waals surface area contributed by atoms with Gasteiger partial charge in [-0.25, -0.2) is 22.5 Å². The molecule has 10 nitrogen and oxygen atoms in total. The molecule has 1 saturated heterocycles. The normalized spacial score (nSPS) is 20.5. The van der Waals surface area contributed by atoms with E-state index in [1.807, 2.05) is 13.8 Å². The van der Waals surface area contributed by atoms with Gasteiger partial charge in [0.05, 0.1) is 31.1 Å². The lowest BCUT2D eigenvalue weighted by Gasteiger charge is -2.37. The summed E-state index contributed by atoms with van der Waals surface area (Å²) in [5, 5.41) is 0.904. The Morgan fingerprint density at radius 1 is 0.979 bits per heavy atom. The van der Waals surface area contributed by atoms with Crippen molar-refractivity contribution in [2.24, 2.45) is 4.99 Å². The summed E-state index contributed by atoms with van der Waals surface area (Å²) in [6.07, 6.45) is -0.265. The maximum absolute atomic E-state index is 14.9. The molecule has 0 saturated carbocycles. The van der Waals surface area contributed by atoms with Crippen molar-refractivity contribution in [3.05, 3.63) is 93.5 Å². The molecule has 5 rings (SSSR count). The van der Waals surface area contributed by atoms with Crippen LogP contribution in [0.3, 0.4) is 0 Å². The molecule has 2 aliphatic heterocycles. The van der Waals surface area contributed by atoms with E-state index in [9.17, 15) is 13.2 Å². The molecule has 0 aliphatic carbocycles. The Balaban J connectivity index is 1.79.